The van der Waals surface area contributed by atoms with Crippen molar-refractivity contribution in [3.05, 3.63) is 94.8 Å². The van der Waals surface area contributed by atoms with Crippen molar-refractivity contribution in [2.24, 2.45) is 5.92 Å². The van der Waals surface area contributed by atoms with Crippen molar-refractivity contribution in [3.63, 3.8) is 0 Å². The molecule has 3 amide bonds. The van der Waals surface area contributed by atoms with Crippen LogP contribution in [0.15, 0.2) is 72.8 Å². The number of hydrogen-bond donors (Lipinski definition) is 6. The first kappa shape index (κ1) is 38.2. The molecule has 0 aliphatic rings. The predicted octanol–water partition coefficient (Wildman–Crippen LogP) is 4.64. The van der Waals surface area contributed by atoms with Crippen molar-refractivity contribution in [1.29, 1.82) is 0 Å². The van der Waals surface area contributed by atoms with Crippen LogP contribution in [0.4, 0.5) is 4.79 Å². The van der Waals surface area contributed by atoms with E-state index in [1.165, 1.54) is 0 Å². The van der Waals surface area contributed by atoms with Gasteiger partial charge in [-0.15, -0.1) is 0 Å². The molecule has 3 aromatic carbocycles. The fraction of sp³-hybridized carbons (Fsp3) is 0.405. The molecule has 0 aliphatic heterocycles. The molecule has 0 bridgehead atoms. The Morgan fingerprint density at radius 1 is 0.880 bits per heavy atom. The van der Waals surface area contributed by atoms with E-state index in [0.717, 1.165) is 22.2 Å². The lowest BCUT2D eigenvalue weighted by atomic mass is 9.94. The zero-order valence-corrected chi connectivity index (χ0v) is 30.0. The summed E-state index contributed by atoms with van der Waals surface area (Å²) in [5, 5.41) is 24.1. The number of rotatable bonds is 15. The van der Waals surface area contributed by atoms with Gasteiger partial charge in [0.05, 0.1) is 36.8 Å². The van der Waals surface area contributed by atoms with Gasteiger partial charge in [-0.1, -0.05) is 61.8 Å². The fourth-order valence-corrected chi connectivity index (χ4v) is 5.44. The molecule has 4 rings (SSSR count). The van der Waals surface area contributed by atoms with Crippen molar-refractivity contribution in [2.45, 2.75) is 84.0 Å². The molecule has 1 heterocycles. The Labute approximate surface area is 297 Å². The summed E-state index contributed by atoms with van der Waals surface area (Å²) >= 11 is 6.08. The molecule has 4 aromatic rings. The lowest BCUT2D eigenvalue weighted by Gasteiger charge is -2.33. The number of aliphatic hydroxyl groups is 1. The maximum atomic E-state index is 14.1. The Morgan fingerprint density at radius 3 is 2.16 bits per heavy atom. The van der Waals surface area contributed by atoms with Crippen LogP contribution in [0.2, 0.25) is 5.02 Å². The number of ether oxygens (including phenoxy) is 2. The molecule has 0 radical (unpaired) electrons. The number of nitrogens with one attached hydrogen (secondary N) is 5. The molecular formula is C37H47ClN6O6. The first-order valence-electron chi connectivity index (χ1n) is 16.5. The van der Waals surface area contributed by atoms with Gasteiger partial charge in [0.2, 0.25) is 11.8 Å². The number of amides is 3. The molecule has 50 heavy (non-hydrogen) atoms. The van der Waals surface area contributed by atoms with Crippen LogP contribution < -0.4 is 26.0 Å². The molecule has 0 saturated heterocycles. The second-order valence-electron chi connectivity index (χ2n) is 13.4. The topological polar surface area (TPSA) is 167 Å². The third kappa shape index (κ3) is 11.2. The van der Waals surface area contributed by atoms with Crippen LogP contribution in [0.3, 0.4) is 0 Å². The SMILES string of the molecule is COc1ccc(C[C@H](NC(=O)OC(C)(C)C)[C@@H](O)[C@@H](NCc2ccc(Cl)cc2)C(=O)N[C@H](C(=O)NCc2nc3ccccc3[nH]2)C(C)C)cc1. The summed E-state index contributed by atoms with van der Waals surface area (Å²) < 4.78 is 10.8. The maximum Gasteiger partial charge on any atom is 0.407 e. The summed E-state index contributed by atoms with van der Waals surface area (Å²) in [6.45, 7) is 9.13. The van der Waals surface area contributed by atoms with Crippen LogP contribution in [0.1, 0.15) is 51.6 Å². The van der Waals surface area contributed by atoms with Crippen molar-refractivity contribution < 1.29 is 29.0 Å². The van der Waals surface area contributed by atoms with Gasteiger partial charge in [-0.25, -0.2) is 9.78 Å². The van der Waals surface area contributed by atoms with Gasteiger partial charge in [-0.3, -0.25) is 14.9 Å². The average molecular weight is 707 g/mol. The third-order valence-corrected chi connectivity index (χ3v) is 8.16. The summed E-state index contributed by atoms with van der Waals surface area (Å²) in [6.07, 6.45) is -2.07. The van der Waals surface area contributed by atoms with Crippen molar-refractivity contribution >= 4 is 40.5 Å². The number of para-hydroxylation sites is 2. The van der Waals surface area contributed by atoms with Gasteiger partial charge in [0.15, 0.2) is 0 Å². The molecule has 0 saturated carbocycles. The molecule has 13 heteroatoms. The molecule has 268 valence electrons. The number of carbonyl (C=O) groups excluding carboxylic acids is 3. The number of aromatic amines is 1. The molecule has 0 aliphatic carbocycles. The van der Waals surface area contributed by atoms with E-state index >= 15 is 0 Å². The molecule has 0 spiro atoms. The quantitative estimate of drug-likeness (QED) is 0.104. The van der Waals surface area contributed by atoms with Crippen LogP contribution in [-0.2, 0) is 33.8 Å². The van der Waals surface area contributed by atoms with Crippen LogP contribution in [-0.4, -0.2) is 69.9 Å². The molecule has 1 aromatic heterocycles. The van der Waals surface area contributed by atoms with Crippen LogP contribution >= 0.6 is 11.6 Å². The van der Waals surface area contributed by atoms with E-state index in [9.17, 15) is 19.5 Å². The summed E-state index contributed by atoms with van der Waals surface area (Å²) in [4.78, 5) is 48.3. The fourth-order valence-electron chi connectivity index (χ4n) is 5.31. The number of nitrogens with zero attached hydrogens (tertiary/aromatic N) is 1. The molecular weight excluding hydrogens is 660 g/mol. The largest absolute Gasteiger partial charge is 0.497 e. The van der Waals surface area contributed by atoms with E-state index in [0.29, 0.717) is 16.6 Å². The maximum absolute atomic E-state index is 14.1. The predicted molar refractivity (Wildman–Crippen MR) is 193 cm³/mol. The minimum atomic E-state index is -1.47. The summed E-state index contributed by atoms with van der Waals surface area (Å²) in [5.74, 6) is -0.137. The number of hydrogen-bond acceptors (Lipinski definition) is 8. The second-order valence-corrected chi connectivity index (χ2v) is 13.9. The summed E-state index contributed by atoms with van der Waals surface area (Å²) in [5.41, 5.74) is 2.39. The highest BCUT2D eigenvalue weighted by Crippen LogP contribution is 2.18. The number of H-pyrrole nitrogens is 1. The zero-order valence-electron chi connectivity index (χ0n) is 29.2. The molecule has 4 atom stereocenters. The Morgan fingerprint density at radius 2 is 1.54 bits per heavy atom. The number of aliphatic hydroxyl groups excluding tert-OH is 1. The minimum absolute atomic E-state index is 0.122. The van der Waals surface area contributed by atoms with Gasteiger partial charge in [0, 0.05) is 11.6 Å². The minimum Gasteiger partial charge on any atom is -0.497 e. The van der Waals surface area contributed by atoms with Crippen LogP contribution in [0.5, 0.6) is 5.75 Å². The van der Waals surface area contributed by atoms with Crippen molar-refractivity contribution in [1.82, 2.24) is 31.2 Å². The molecule has 12 nitrogen and oxygen atoms in total. The highest BCUT2D eigenvalue weighted by Gasteiger charge is 2.37. The number of fused-ring (bicyclic) bond motifs is 1. The third-order valence-electron chi connectivity index (χ3n) is 7.91. The van der Waals surface area contributed by atoms with E-state index in [1.54, 1.807) is 64.3 Å². The first-order chi connectivity index (χ1) is 23.7. The first-order valence-corrected chi connectivity index (χ1v) is 16.9. The number of benzene rings is 3. The Kier molecular flexibility index (Phi) is 13.2. The lowest BCUT2D eigenvalue weighted by Crippen LogP contribution is -2.62. The number of aromatic nitrogens is 2. The number of carbonyl (C=O) groups is 3. The Hall–Kier alpha value is -4.65. The zero-order chi connectivity index (χ0) is 36.4. The highest BCUT2D eigenvalue weighted by molar-refractivity contribution is 6.30. The van der Waals surface area contributed by atoms with E-state index < -0.39 is 47.7 Å². The van der Waals surface area contributed by atoms with Crippen molar-refractivity contribution in [3.8, 4) is 5.75 Å². The molecule has 0 unspecified atom stereocenters. The second kappa shape index (κ2) is 17.3. The normalized spacial score (nSPS) is 14.0. The Bertz CT molecular complexity index is 1690. The smallest absolute Gasteiger partial charge is 0.407 e. The van der Waals surface area contributed by atoms with Crippen molar-refractivity contribution in [2.75, 3.05) is 7.11 Å². The van der Waals surface area contributed by atoms with Gasteiger partial charge >= 0.3 is 6.09 Å². The lowest BCUT2D eigenvalue weighted by molar-refractivity contribution is -0.133. The number of halogens is 1. The number of alkyl carbamates (subject to hydrolysis) is 1. The molecule has 0 fully saturated rings. The van der Waals surface area contributed by atoms with E-state index in [1.807, 2.05) is 50.2 Å². The van der Waals surface area contributed by atoms with Gasteiger partial charge in [0.25, 0.3) is 0 Å². The number of imidazole rings is 1. The standard InChI is InChI=1S/C37H47ClN6O6/c1-22(2)31(34(46)40-21-30-41-27-9-7-8-10-28(27)42-30)44-35(47)32(39-20-24-11-15-25(38)16-12-24)33(45)29(43-36(48)50-37(3,4)5)19-23-13-17-26(49-6)18-14-23/h7-18,22,29,31-33,39,45H,19-21H2,1-6H3,(H,40,46)(H,41,42)(H,43,48)(H,44,47)/t29-,31-,32+,33+/m0/s1. The van der Waals surface area contributed by atoms with E-state index in [2.05, 4.69) is 31.2 Å². The van der Waals surface area contributed by atoms with Crippen LogP contribution in [0.25, 0.3) is 11.0 Å². The van der Waals surface area contributed by atoms with E-state index in [4.69, 9.17) is 21.1 Å². The van der Waals surface area contributed by atoms with Gasteiger partial charge in [-0.05, 0) is 80.6 Å². The molecule has 6 N–H and O–H groups in total. The van der Waals surface area contributed by atoms with Gasteiger partial charge < -0.3 is 35.5 Å². The monoisotopic (exact) mass is 706 g/mol. The van der Waals surface area contributed by atoms with Crippen LogP contribution in [0, 0.1) is 5.92 Å². The summed E-state index contributed by atoms with van der Waals surface area (Å²) in [6, 6.07) is 18.6. The van der Waals surface area contributed by atoms with E-state index in [-0.39, 0.29) is 25.4 Å². The summed E-state index contributed by atoms with van der Waals surface area (Å²) in [7, 11) is 1.56. The highest BCUT2D eigenvalue weighted by atomic mass is 35.5. The van der Waals surface area contributed by atoms with Gasteiger partial charge in [-0.2, -0.15) is 0 Å². The Balaban J connectivity index is 1.57. The van der Waals surface area contributed by atoms with Gasteiger partial charge in [0.1, 0.15) is 29.3 Å². The number of methoxy groups -OCH3 is 1. The average Bonchev–Trinajstić information content (AvgIpc) is 3.49.